The molecular weight excluding hydrogens is 267 g/mol. The molecule has 0 aliphatic rings. The maximum Gasteiger partial charge on any atom is 0.226 e. The zero-order chi connectivity index (χ0) is 13.1. The van der Waals surface area contributed by atoms with Gasteiger partial charge in [-0.05, 0) is 52.9 Å². The van der Waals surface area contributed by atoms with Crippen molar-refractivity contribution in [3.05, 3.63) is 58.6 Å². The summed E-state index contributed by atoms with van der Waals surface area (Å²) in [4.78, 5) is 11.0. The van der Waals surface area contributed by atoms with E-state index in [-0.39, 0.29) is 11.7 Å². The summed E-state index contributed by atoms with van der Waals surface area (Å²) < 4.78 is 0. The summed E-state index contributed by atoms with van der Waals surface area (Å²) in [6.45, 7) is 1.97. The van der Waals surface area contributed by atoms with Gasteiger partial charge in [0.2, 0.25) is 5.24 Å². The summed E-state index contributed by atoms with van der Waals surface area (Å²) in [5, 5.41) is 0.369. The molecule has 0 N–H and O–H groups in total. The number of carbonyl (C=O) groups excluding carboxylic acids is 1. The molecule has 0 aliphatic heterocycles. The number of hydrogen-bond donors (Lipinski definition) is 0. The molecule has 2 aromatic carbocycles. The van der Waals surface area contributed by atoms with E-state index in [4.69, 9.17) is 23.2 Å². The molecule has 0 aromatic heterocycles. The number of rotatable bonds is 3. The van der Waals surface area contributed by atoms with Crippen LogP contribution >= 0.6 is 23.2 Å². The number of halogens is 2. The molecule has 92 valence electrons. The number of hydrogen-bond acceptors (Lipinski definition) is 1. The SMILES string of the molecule is Cc1ccc(-c2ccc(Cl)cc2)cc1CC(=O)Cl. The Bertz CT molecular complexity index is 574. The first-order valence-electron chi connectivity index (χ1n) is 5.60. The minimum atomic E-state index is -0.341. The van der Waals surface area contributed by atoms with E-state index in [2.05, 4.69) is 0 Å². The van der Waals surface area contributed by atoms with E-state index in [9.17, 15) is 4.79 Å². The second-order valence-corrected chi connectivity index (χ2v) is 5.04. The Kier molecular flexibility index (Phi) is 4.05. The van der Waals surface area contributed by atoms with E-state index in [1.54, 1.807) is 0 Å². The molecule has 2 rings (SSSR count). The molecule has 0 bridgehead atoms. The van der Waals surface area contributed by atoms with Crippen LogP contribution < -0.4 is 0 Å². The van der Waals surface area contributed by atoms with Crippen LogP contribution in [0.1, 0.15) is 11.1 Å². The Labute approximate surface area is 116 Å². The minimum absolute atomic E-state index is 0.259. The van der Waals surface area contributed by atoms with Crippen LogP contribution in [0.5, 0.6) is 0 Å². The highest BCUT2D eigenvalue weighted by Crippen LogP contribution is 2.24. The first-order valence-corrected chi connectivity index (χ1v) is 6.35. The summed E-state index contributed by atoms with van der Waals surface area (Å²) in [6, 6.07) is 13.6. The predicted octanol–water partition coefficient (Wildman–Crippen LogP) is 4.62. The van der Waals surface area contributed by atoms with E-state index in [0.717, 1.165) is 22.3 Å². The predicted molar refractivity (Wildman–Crippen MR) is 76.2 cm³/mol. The molecule has 1 nitrogen and oxygen atoms in total. The van der Waals surface area contributed by atoms with E-state index < -0.39 is 0 Å². The van der Waals surface area contributed by atoms with Crippen LogP contribution in [0.4, 0.5) is 0 Å². The van der Waals surface area contributed by atoms with Crippen LogP contribution in [0, 0.1) is 6.92 Å². The normalized spacial score (nSPS) is 10.4. The van der Waals surface area contributed by atoms with Crippen molar-refractivity contribution in [2.24, 2.45) is 0 Å². The van der Waals surface area contributed by atoms with E-state index in [0.29, 0.717) is 5.02 Å². The third-order valence-electron chi connectivity index (χ3n) is 2.86. The lowest BCUT2D eigenvalue weighted by Gasteiger charge is -2.07. The average Bonchev–Trinajstić information content (AvgIpc) is 2.32. The number of benzene rings is 2. The van der Waals surface area contributed by atoms with E-state index in [1.165, 1.54) is 0 Å². The van der Waals surface area contributed by atoms with Crippen LogP contribution in [-0.4, -0.2) is 5.24 Å². The molecule has 0 atom stereocenters. The second kappa shape index (κ2) is 5.55. The van der Waals surface area contributed by atoms with Gasteiger partial charge in [0.05, 0.1) is 0 Å². The summed E-state index contributed by atoms with van der Waals surface area (Å²) >= 11 is 11.3. The van der Waals surface area contributed by atoms with Gasteiger partial charge in [0.15, 0.2) is 0 Å². The molecule has 0 fully saturated rings. The van der Waals surface area contributed by atoms with Crippen LogP contribution in [-0.2, 0) is 11.2 Å². The van der Waals surface area contributed by atoms with Crippen LogP contribution in [0.3, 0.4) is 0 Å². The van der Waals surface area contributed by atoms with Gasteiger partial charge >= 0.3 is 0 Å². The van der Waals surface area contributed by atoms with Crippen LogP contribution in [0.25, 0.3) is 11.1 Å². The van der Waals surface area contributed by atoms with Crippen molar-refractivity contribution in [1.29, 1.82) is 0 Å². The third kappa shape index (κ3) is 3.12. The third-order valence-corrected chi connectivity index (χ3v) is 3.24. The standard InChI is InChI=1S/C15H12Cl2O/c1-10-2-3-12(8-13(10)9-15(17)18)11-4-6-14(16)7-5-11/h2-8H,9H2,1H3. The Morgan fingerprint density at radius 2 is 1.67 bits per heavy atom. The van der Waals surface area contributed by atoms with Gasteiger partial charge < -0.3 is 0 Å². The molecule has 0 saturated carbocycles. The first-order chi connectivity index (χ1) is 8.56. The van der Waals surface area contributed by atoms with E-state index in [1.807, 2.05) is 49.4 Å². The van der Waals surface area contributed by atoms with Crippen molar-refractivity contribution in [1.82, 2.24) is 0 Å². The molecule has 0 saturated heterocycles. The monoisotopic (exact) mass is 278 g/mol. The van der Waals surface area contributed by atoms with Crippen molar-refractivity contribution in [3.8, 4) is 11.1 Å². The lowest BCUT2D eigenvalue weighted by molar-refractivity contribution is -0.111. The molecule has 2 aromatic rings. The molecule has 18 heavy (non-hydrogen) atoms. The molecule has 0 heterocycles. The molecule has 3 heteroatoms. The highest BCUT2D eigenvalue weighted by molar-refractivity contribution is 6.63. The maximum atomic E-state index is 11.0. The lowest BCUT2D eigenvalue weighted by atomic mass is 9.98. The van der Waals surface area contributed by atoms with Crippen LogP contribution in [0.2, 0.25) is 5.02 Å². The highest BCUT2D eigenvalue weighted by atomic mass is 35.5. The van der Waals surface area contributed by atoms with Gasteiger partial charge in [0.1, 0.15) is 0 Å². The van der Waals surface area contributed by atoms with Gasteiger partial charge in [-0.1, -0.05) is 41.9 Å². The van der Waals surface area contributed by atoms with Gasteiger partial charge in [-0.3, -0.25) is 4.79 Å². The second-order valence-electron chi connectivity index (χ2n) is 4.18. The molecule has 0 spiro atoms. The Hall–Kier alpha value is -1.31. The van der Waals surface area contributed by atoms with E-state index >= 15 is 0 Å². The fraction of sp³-hybridized carbons (Fsp3) is 0.133. The summed E-state index contributed by atoms with van der Waals surface area (Å²) in [6.07, 6.45) is 0.259. The molecule has 0 unspecified atom stereocenters. The quantitative estimate of drug-likeness (QED) is 0.749. The largest absolute Gasteiger partial charge is 0.281 e. The summed E-state index contributed by atoms with van der Waals surface area (Å²) in [7, 11) is 0. The Morgan fingerprint density at radius 3 is 2.28 bits per heavy atom. The van der Waals surface area contributed by atoms with Crippen LogP contribution in [0.15, 0.2) is 42.5 Å². The van der Waals surface area contributed by atoms with Gasteiger partial charge in [0, 0.05) is 11.4 Å². The molecule has 0 radical (unpaired) electrons. The van der Waals surface area contributed by atoms with Crippen molar-refractivity contribution in [2.75, 3.05) is 0 Å². The zero-order valence-electron chi connectivity index (χ0n) is 9.91. The Morgan fingerprint density at radius 1 is 1.06 bits per heavy atom. The molecular formula is C15H12Cl2O. The maximum absolute atomic E-state index is 11.0. The molecule has 0 amide bonds. The lowest BCUT2D eigenvalue weighted by Crippen LogP contribution is -1.96. The molecule has 0 aliphatic carbocycles. The average molecular weight is 279 g/mol. The van der Waals surface area contributed by atoms with Gasteiger partial charge in [-0.25, -0.2) is 0 Å². The van der Waals surface area contributed by atoms with Gasteiger partial charge in [0.25, 0.3) is 0 Å². The number of aryl methyl sites for hydroxylation is 1. The zero-order valence-corrected chi connectivity index (χ0v) is 11.4. The smallest absolute Gasteiger partial charge is 0.226 e. The minimum Gasteiger partial charge on any atom is -0.281 e. The summed E-state index contributed by atoms with van der Waals surface area (Å²) in [5.74, 6) is 0. The van der Waals surface area contributed by atoms with Crippen molar-refractivity contribution >= 4 is 28.4 Å². The van der Waals surface area contributed by atoms with Crippen molar-refractivity contribution in [2.45, 2.75) is 13.3 Å². The topological polar surface area (TPSA) is 17.1 Å². The number of carbonyl (C=O) groups is 1. The van der Waals surface area contributed by atoms with Crippen molar-refractivity contribution in [3.63, 3.8) is 0 Å². The summed E-state index contributed by atoms with van der Waals surface area (Å²) in [5.41, 5.74) is 4.16. The fourth-order valence-electron chi connectivity index (χ4n) is 1.83. The van der Waals surface area contributed by atoms with Gasteiger partial charge in [-0.15, -0.1) is 0 Å². The Balaban J connectivity index is 2.40. The highest BCUT2D eigenvalue weighted by Gasteiger charge is 2.06. The fourth-order valence-corrected chi connectivity index (χ4v) is 2.10. The van der Waals surface area contributed by atoms with Gasteiger partial charge in [-0.2, -0.15) is 0 Å². The first kappa shape index (κ1) is 13.1. The van der Waals surface area contributed by atoms with Crippen molar-refractivity contribution < 1.29 is 4.79 Å².